The van der Waals surface area contributed by atoms with Gasteiger partial charge in [-0.15, -0.1) is 0 Å². The molecule has 18 heteroatoms. The lowest BCUT2D eigenvalue weighted by Gasteiger charge is -2.21. The van der Waals surface area contributed by atoms with Crippen molar-refractivity contribution < 1.29 is 75.8 Å². The predicted molar refractivity (Wildman–Crippen MR) is 316 cm³/mol. The molecule has 0 bridgehead atoms. The van der Waals surface area contributed by atoms with Crippen molar-refractivity contribution in [1.82, 2.24) is 0 Å². The van der Waals surface area contributed by atoms with Crippen LogP contribution in [0, 0.1) is 0 Å². The third-order valence-corrected chi connectivity index (χ3v) is 14.6. The summed E-state index contributed by atoms with van der Waals surface area (Å²) < 4.78 is 60.6. The Bertz CT molecular complexity index is 1700. The standard InChI is InChI=1S/C61H110O16P2/c1-4-7-10-13-16-19-22-25-27-30-32-35-38-41-44-47-59(64)71-50-56(62)51-73-78(67,68)74-52-57(63)53-75-79(69,70)76-55-58(77-61(66)49-46-43-40-37-34-29-24-21-18-15-12-9-6-3)54-72-60(65)48-45-42-39-36-33-31-28-26-23-20-17-14-11-8-5-2/h7,10,16,19,21,24-28,56-58,62-63H,4-6,8-9,11-15,17-18,20,22-23,29-55H2,1-3H3,(H,67,68)(H,69,70)/b10-7-,19-16-,24-21-,27-25-,28-26-. The quantitative estimate of drug-likeness (QED) is 0.0146. The molecule has 0 aromatic carbocycles. The maximum Gasteiger partial charge on any atom is 0.472 e. The first-order valence-corrected chi connectivity index (χ1v) is 33.6. The third-order valence-electron chi connectivity index (χ3n) is 12.7. The number of hydrogen-bond acceptors (Lipinski definition) is 14. The maximum absolute atomic E-state index is 12.9. The number of esters is 3. The van der Waals surface area contributed by atoms with Crippen LogP contribution in [0.4, 0.5) is 0 Å². The third kappa shape index (κ3) is 56.9. The second kappa shape index (κ2) is 55.8. The summed E-state index contributed by atoms with van der Waals surface area (Å²) in [6.07, 6.45) is 52.9. The highest BCUT2D eigenvalue weighted by atomic mass is 31.2. The molecular weight excluding hydrogens is 1050 g/mol. The zero-order chi connectivity index (χ0) is 58.2. The van der Waals surface area contributed by atoms with E-state index in [2.05, 4.69) is 81.5 Å². The molecule has 0 aromatic rings. The molecule has 460 valence electrons. The van der Waals surface area contributed by atoms with Crippen molar-refractivity contribution in [2.75, 3.05) is 39.6 Å². The lowest BCUT2D eigenvalue weighted by molar-refractivity contribution is -0.161. The number of phosphoric ester groups is 2. The van der Waals surface area contributed by atoms with Gasteiger partial charge in [0.2, 0.25) is 0 Å². The van der Waals surface area contributed by atoms with Crippen molar-refractivity contribution in [2.24, 2.45) is 0 Å². The van der Waals surface area contributed by atoms with E-state index >= 15 is 0 Å². The molecule has 5 unspecified atom stereocenters. The number of aliphatic hydroxyl groups excluding tert-OH is 2. The number of hydrogen-bond donors (Lipinski definition) is 4. The summed E-state index contributed by atoms with van der Waals surface area (Å²) in [6, 6.07) is 0. The van der Waals surface area contributed by atoms with E-state index in [0.29, 0.717) is 19.3 Å². The number of rotatable bonds is 58. The number of allylic oxidation sites excluding steroid dienone is 10. The van der Waals surface area contributed by atoms with Crippen LogP contribution in [-0.4, -0.2) is 95.9 Å². The van der Waals surface area contributed by atoms with E-state index in [1.54, 1.807) is 0 Å². The molecule has 0 saturated heterocycles. The van der Waals surface area contributed by atoms with Gasteiger partial charge in [-0.1, -0.05) is 191 Å². The number of ether oxygens (including phenoxy) is 3. The SMILES string of the molecule is CC/C=C\C/C=C\C/C=C\CCCCCCCC(=O)OCC(O)COP(=O)(O)OCC(O)COP(=O)(O)OCC(COC(=O)CCCCCCC/C=C\CCCCCCCC)OC(=O)CCCCCCC/C=C\CCCCCC. The van der Waals surface area contributed by atoms with Gasteiger partial charge in [-0.25, -0.2) is 9.13 Å². The van der Waals surface area contributed by atoms with Crippen LogP contribution in [0.5, 0.6) is 0 Å². The summed E-state index contributed by atoms with van der Waals surface area (Å²) in [5.74, 6) is -1.60. The van der Waals surface area contributed by atoms with Gasteiger partial charge in [0.25, 0.3) is 0 Å². The fourth-order valence-electron chi connectivity index (χ4n) is 7.98. The lowest BCUT2D eigenvalue weighted by Crippen LogP contribution is -2.30. The van der Waals surface area contributed by atoms with Crippen molar-refractivity contribution in [3.8, 4) is 0 Å². The first kappa shape index (κ1) is 76.2. The highest BCUT2D eigenvalue weighted by molar-refractivity contribution is 7.47. The van der Waals surface area contributed by atoms with Crippen molar-refractivity contribution in [3.63, 3.8) is 0 Å². The highest BCUT2D eigenvalue weighted by Crippen LogP contribution is 2.45. The average molecular weight is 1160 g/mol. The van der Waals surface area contributed by atoms with Crippen LogP contribution in [0.3, 0.4) is 0 Å². The van der Waals surface area contributed by atoms with E-state index in [9.17, 15) is 43.5 Å². The normalized spacial score (nSPS) is 14.9. The van der Waals surface area contributed by atoms with Crippen molar-refractivity contribution >= 4 is 33.6 Å². The Hall–Kier alpha value is -2.75. The van der Waals surface area contributed by atoms with Crippen molar-refractivity contribution in [2.45, 2.75) is 270 Å². The summed E-state index contributed by atoms with van der Waals surface area (Å²) in [5.41, 5.74) is 0. The fraction of sp³-hybridized carbons (Fsp3) is 0.787. The van der Waals surface area contributed by atoms with E-state index in [1.165, 1.54) is 64.2 Å². The molecule has 0 aliphatic rings. The van der Waals surface area contributed by atoms with Crippen LogP contribution in [0.15, 0.2) is 60.8 Å². The smallest absolute Gasteiger partial charge is 0.463 e. The summed E-state index contributed by atoms with van der Waals surface area (Å²) in [4.78, 5) is 58.1. The van der Waals surface area contributed by atoms with Gasteiger partial charge in [0, 0.05) is 19.3 Å². The molecule has 0 heterocycles. The molecule has 0 rings (SSSR count). The highest BCUT2D eigenvalue weighted by Gasteiger charge is 2.29. The molecule has 0 saturated carbocycles. The fourth-order valence-corrected chi connectivity index (χ4v) is 9.57. The molecular formula is C61H110O16P2. The molecule has 0 amide bonds. The van der Waals surface area contributed by atoms with Gasteiger partial charge < -0.3 is 34.2 Å². The molecule has 16 nitrogen and oxygen atoms in total. The Morgan fingerprint density at radius 1 is 0.367 bits per heavy atom. The van der Waals surface area contributed by atoms with E-state index in [1.807, 2.05) is 0 Å². The number of phosphoric acid groups is 2. The van der Waals surface area contributed by atoms with Crippen LogP contribution in [0.25, 0.3) is 0 Å². The van der Waals surface area contributed by atoms with Gasteiger partial charge in [0.05, 0.1) is 26.4 Å². The minimum Gasteiger partial charge on any atom is -0.463 e. The molecule has 79 heavy (non-hydrogen) atoms. The van der Waals surface area contributed by atoms with Gasteiger partial charge >= 0.3 is 33.6 Å². The molecule has 0 radical (unpaired) electrons. The van der Waals surface area contributed by atoms with Crippen molar-refractivity contribution in [1.29, 1.82) is 0 Å². The Kier molecular flexibility index (Phi) is 53.8. The van der Waals surface area contributed by atoms with Crippen molar-refractivity contribution in [3.05, 3.63) is 60.8 Å². The number of unbranched alkanes of at least 4 members (excludes halogenated alkanes) is 25. The largest absolute Gasteiger partial charge is 0.472 e. The van der Waals surface area contributed by atoms with Crippen LogP contribution < -0.4 is 0 Å². The molecule has 4 N–H and O–H groups in total. The van der Waals surface area contributed by atoms with E-state index in [-0.39, 0.29) is 19.3 Å². The minimum atomic E-state index is -4.92. The second-order valence-electron chi connectivity index (χ2n) is 20.5. The van der Waals surface area contributed by atoms with Gasteiger partial charge in [-0.2, -0.15) is 0 Å². The van der Waals surface area contributed by atoms with E-state index in [0.717, 1.165) is 128 Å². The maximum atomic E-state index is 12.9. The van der Waals surface area contributed by atoms with Crippen LogP contribution in [0.2, 0.25) is 0 Å². The Morgan fingerprint density at radius 2 is 0.671 bits per heavy atom. The van der Waals surface area contributed by atoms with Gasteiger partial charge in [0.1, 0.15) is 25.4 Å². The minimum absolute atomic E-state index is 0.0949. The molecule has 0 fully saturated rings. The van der Waals surface area contributed by atoms with Crippen LogP contribution in [-0.2, 0) is 55.8 Å². The number of aliphatic hydroxyl groups is 2. The van der Waals surface area contributed by atoms with E-state index in [4.69, 9.17) is 32.3 Å². The zero-order valence-electron chi connectivity index (χ0n) is 49.3. The molecule has 0 aromatic heterocycles. The Morgan fingerprint density at radius 3 is 1.09 bits per heavy atom. The monoisotopic (exact) mass is 1160 g/mol. The predicted octanol–water partition coefficient (Wildman–Crippen LogP) is 15.9. The average Bonchev–Trinajstić information content (AvgIpc) is 3.42. The molecule has 0 aliphatic heterocycles. The number of carbonyl (C=O) groups excluding carboxylic acids is 3. The van der Waals surface area contributed by atoms with Crippen LogP contribution in [0.1, 0.15) is 252 Å². The molecule has 0 spiro atoms. The topological polar surface area (TPSA) is 231 Å². The summed E-state index contributed by atoms with van der Waals surface area (Å²) in [5, 5.41) is 20.4. The lowest BCUT2D eigenvalue weighted by atomic mass is 10.1. The zero-order valence-corrected chi connectivity index (χ0v) is 51.1. The first-order valence-electron chi connectivity index (χ1n) is 30.6. The first-order chi connectivity index (χ1) is 38.2. The summed E-state index contributed by atoms with van der Waals surface area (Å²) in [6.45, 7) is 2.49. The molecule has 5 atom stereocenters. The Balaban J connectivity index is 4.71. The second-order valence-corrected chi connectivity index (χ2v) is 23.4. The Labute approximate surface area is 478 Å². The van der Waals surface area contributed by atoms with Gasteiger partial charge in [0.15, 0.2) is 6.10 Å². The summed E-state index contributed by atoms with van der Waals surface area (Å²) >= 11 is 0. The van der Waals surface area contributed by atoms with Gasteiger partial charge in [-0.3, -0.25) is 32.5 Å². The van der Waals surface area contributed by atoms with Gasteiger partial charge in [-0.05, 0) is 103 Å². The summed E-state index contributed by atoms with van der Waals surface area (Å²) in [7, 11) is -9.76. The molecule has 0 aliphatic carbocycles. The van der Waals surface area contributed by atoms with Crippen LogP contribution >= 0.6 is 15.6 Å². The number of carbonyl (C=O) groups is 3. The van der Waals surface area contributed by atoms with E-state index < -0.39 is 91.5 Å².